The minimum absolute atomic E-state index is 0.0322. The maximum atomic E-state index is 12.0. The molecule has 1 aromatic heterocycles. The first-order valence-corrected chi connectivity index (χ1v) is 5.43. The van der Waals surface area contributed by atoms with Crippen molar-refractivity contribution in [3.05, 3.63) is 62.4 Å². The van der Waals surface area contributed by atoms with E-state index in [0.717, 1.165) is 16.3 Å². The molecule has 0 radical (unpaired) electrons. The summed E-state index contributed by atoms with van der Waals surface area (Å²) in [5.74, 6) is -0.378. The SMILES string of the molecule is CC(=O)c1c[nH]c(=O)n(-c2ccc(C)cc2)c1=O. The van der Waals surface area contributed by atoms with Gasteiger partial charge in [0.05, 0.1) is 11.3 Å². The molecule has 1 heterocycles. The summed E-state index contributed by atoms with van der Waals surface area (Å²) in [5, 5.41) is 0. The van der Waals surface area contributed by atoms with Crippen LogP contribution < -0.4 is 11.2 Å². The van der Waals surface area contributed by atoms with E-state index in [4.69, 9.17) is 0 Å². The molecule has 92 valence electrons. The van der Waals surface area contributed by atoms with E-state index in [1.807, 2.05) is 6.92 Å². The van der Waals surface area contributed by atoms with Gasteiger partial charge in [0.2, 0.25) is 0 Å². The smallest absolute Gasteiger partial charge is 0.313 e. The number of rotatable bonds is 2. The summed E-state index contributed by atoms with van der Waals surface area (Å²) in [6, 6.07) is 6.91. The number of benzene rings is 1. The molecule has 0 aliphatic carbocycles. The third-order valence-electron chi connectivity index (χ3n) is 2.65. The third-order valence-corrected chi connectivity index (χ3v) is 2.65. The Morgan fingerprint density at radius 1 is 1.17 bits per heavy atom. The maximum absolute atomic E-state index is 12.0. The fourth-order valence-electron chi connectivity index (χ4n) is 1.65. The van der Waals surface area contributed by atoms with Crippen LogP contribution in [0, 0.1) is 6.92 Å². The van der Waals surface area contributed by atoms with E-state index in [0.29, 0.717) is 5.69 Å². The van der Waals surface area contributed by atoms with Gasteiger partial charge in [-0.15, -0.1) is 0 Å². The summed E-state index contributed by atoms with van der Waals surface area (Å²) in [6.45, 7) is 3.19. The van der Waals surface area contributed by atoms with Crippen molar-refractivity contribution in [3.63, 3.8) is 0 Å². The van der Waals surface area contributed by atoms with Gasteiger partial charge in [-0.25, -0.2) is 9.36 Å². The molecule has 0 fully saturated rings. The number of aryl methyl sites for hydroxylation is 1. The van der Waals surface area contributed by atoms with Gasteiger partial charge in [-0.1, -0.05) is 17.7 Å². The van der Waals surface area contributed by atoms with Crippen LogP contribution in [0.25, 0.3) is 5.69 Å². The van der Waals surface area contributed by atoms with Crippen LogP contribution >= 0.6 is 0 Å². The summed E-state index contributed by atoms with van der Waals surface area (Å²) < 4.78 is 0.955. The molecule has 1 N–H and O–H groups in total. The lowest BCUT2D eigenvalue weighted by molar-refractivity contribution is 0.101. The van der Waals surface area contributed by atoms with Gasteiger partial charge in [0, 0.05) is 6.20 Å². The van der Waals surface area contributed by atoms with Crippen molar-refractivity contribution >= 4 is 5.78 Å². The fraction of sp³-hybridized carbons (Fsp3) is 0.154. The number of hydrogen-bond acceptors (Lipinski definition) is 3. The zero-order chi connectivity index (χ0) is 13.3. The van der Waals surface area contributed by atoms with Crippen LogP contribution in [0.4, 0.5) is 0 Å². The van der Waals surface area contributed by atoms with E-state index in [-0.39, 0.29) is 11.3 Å². The standard InChI is InChI=1S/C13H12N2O3/c1-8-3-5-10(6-4-8)15-12(17)11(9(2)16)7-14-13(15)18/h3-7H,1-2H3,(H,14,18). The Labute approximate surface area is 103 Å². The molecule has 0 atom stereocenters. The average Bonchev–Trinajstić information content (AvgIpc) is 2.31. The normalized spacial score (nSPS) is 10.3. The van der Waals surface area contributed by atoms with E-state index >= 15 is 0 Å². The van der Waals surface area contributed by atoms with Gasteiger partial charge in [-0.05, 0) is 26.0 Å². The molecular weight excluding hydrogens is 232 g/mol. The number of aromatic nitrogens is 2. The van der Waals surface area contributed by atoms with Crippen LogP contribution in [-0.2, 0) is 0 Å². The lowest BCUT2D eigenvalue weighted by Crippen LogP contribution is -2.36. The van der Waals surface area contributed by atoms with Crippen molar-refractivity contribution in [1.82, 2.24) is 9.55 Å². The zero-order valence-electron chi connectivity index (χ0n) is 10.1. The average molecular weight is 244 g/mol. The molecule has 0 spiro atoms. The van der Waals surface area contributed by atoms with Crippen LogP contribution in [0.2, 0.25) is 0 Å². The molecular formula is C13H12N2O3. The highest BCUT2D eigenvalue weighted by atomic mass is 16.2. The molecule has 18 heavy (non-hydrogen) atoms. The fourth-order valence-corrected chi connectivity index (χ4v) is 1.65. The minimum atomic E-state index is -0.602. The van der Waals surface area contributed by atoms with Gasteiger partial charge >= 0.3 is 5.69 Å². The van der Waals surface area contributed by atoms with Crippen LogP contribution in [0.1, 0.15) is 22.8 Å². The Morgan fingerprint density at radius 3 is 2.33 bits per heavy atom. The van der Waals surface area contributed by atoms with Gasteiger partial charge in [0.15, 0.2) is 5.78 Å². The van der Waals surface area contributed by atoms with Gasteiger partial charge in [-0.3, -0.25) is 9.59 Å². The van der Waals surface area contributed by atoms with Crippen molar-refractivity contribution in [2.24, 2.45) is 0 Å². The summed E-state index contributed by atoms with van der Waals surface area (Å²) in [7, 11) is 0. The maximum Gasteiger partial charge on any atom is 0.333 e. The van der Waals surface area contributed by atoms with Crippen molar-refractivity contribution in [3.8, 4) is 5.69 Å². The lowest BCUT2D eigenvalue weighted by atomic mass is 10.2. The van der Waals surface area contributed by atoms with Crippen LogP contribution in [-0.4, -0.2) is 15.3 Å². The predicted octanol–water partition coefficient (Wildman–Crippen LogP) is 1.04. The molecule has 0 aliphatic heterocycles. The second-order valence-electron chi connectivity index (χ2n) is 4.04. The largest absolute Gasteiger partial charge is 0.333 e. The number of nitrogens with zero attached hydrogens (tertiary/aromatic N) is 1. The monoisotopic (exact) mass is 244 g/mol. The van der Waals surface area contributed by atoms with Gasteiger partial charge in [0.25, 0.3) is 5.56 Å². The van der Waals surface area contributed by atoms with Crippen molar-refractivity contribution < 1.29 is 4.79 Å². The summed E-state index contributed by atoms with van der Waals surface area (Å²) in [6.07, 6.45) is 1.15. The molecule has 5 nitrogen and oxygen atoms in total. The molecule has 2 rings (SSSR count). The van der Waals surface area contributed by atoms with Crippen molar-refractivity contribution in [2.45, 2.75) is 13.8 Å². The van der Waals surface area contributed by atoms with E-state index < -0.39 is 11.2 Å². The Balaban J connectivity index is 2.75. The number of ketones is 1. The molecule has 0 saturated heterocycles. The number of nitrogens with one attached hydrogen (secondary N) is 1. The van der Waals surface area contributed by atoms with E-state index in [9.17, 15) is 14.4 Å². The highest BCUT2D eigenvalue weighted by Crippen LogP contribution is 2.05. The number of H-pyrrole nitrogens is 1. The minimum Gasteiger partial charge on any atom is -0.313 e. The molecule has 5 heteroatoms. The molecule has 1 aromatic carbocycles. The molecule has 0 amide bonds. The first kappa shape index (κ1) is 12.0. The first-order chi connectivity index (χ1) is 8.50. The van der Waals surface area contributed by atoms with Gasteiger partial charge in [0.1, 0.15) is 0 Å². The van der Waals surface area contributed by atoms with Gasteiger partial charge in [-0.2, -0.15) is 0 Å². The summed E-state index contributed by atoms with van der Waals surface area (Å²) in [5.41, 5.74) is 0.264. The predicted molar refractivity (Wildman–Crippen MR) is 67.4 cm³/mol. The Hall–Kier alpha value is -2.43. The second kappa shape index (κ2) is 4.44. The van der Waals surface area contributed by atoms with E-state index in [1.54, 1.807) is 24.3 Å². The number of Topliss-reactive ketones (excluding diaryl/α,β-unsaturated/α-hetero) is 1. The molecule has 0 saturated carbocycles. The Kier molecular flexibility index (Phi) is 2.97. The molecule has 0 bridgehead atoms. The highest BCUT2D eigenvalue weighted by Gasteiger charge is 2.11. The van der Waals surface area contributed by atoms with Crippen molar-refractivity contribution in [1.29, 1.82) is 0 Å². The second-order valence-corrected chi connectivity index (χ2v) is 4.04. The third kappa shape index (κ3) is 2.02. The molecule has 0 unspecified atom stereocenters. The topological polar surface area (TPSA) is 71.9 Å². The lowest BCUT2D eigenvalue weighted by Gasteiger charge is -2.05. The van der Waals surface area contributed by atoms with E-state index in [2.05, 4.69) is 4.98 Å². The number of aromatic amines is 1. The highest BCUT2D eigenvalue weighted by molar-refractivity contribution is 5.93. The van der Waals surface area contributed by atoms with Crippen LogP contribution in [0.15, 0.2) is 40.1 Å². The Morgan fingerprint density at radius 2 is 1.78 bits per heavy atom. The summed E-state index contributed by atoms with van der Waals surface area (Å²) >= 11 is 0. The van der Waals surface area contributed by atoms with Crippen molar-refractivity contribution in [2.75, 3.05) is 0 Å². The van der Waals surface area contributed by atoms with E-state index in [1.165, 1.54) is 6.92 Å². The van der Waals surface area contributed by atoms with Crippen LogP contribution in [0.3, 0.4) is 0 Å². The molecule has 2 aromatic rings. The van der Waals surface area contributed by atoms with Crippen LogP contribution in [0.5, 0.6) is 0 Å². The molecule has 0 aliphatic rings. The number of hydrogen-bond donors (Lipinski definition) is 1. The number of carbonyl (C=O) groups is 1. The summed E-state index contributed by atoms with van der Waals surface area (Å²) in [4.78, 5) is 37.4. The Bertz CT molecular complexity index is 708. The number of carbonyl (C=O) groups excluding carboxylic acids is 1. The first-order valence-electron chi connectivity index (χ1n) is 5.43. The van der Waals surface area contributed by atoms with Gasteiger partial charge < -0.3 is 4.98 Å². The zero-order valence-corrected chi connectivity index (χ0v) is 10.1. The quantitative estimate of drug-likeness (QED) is 0.802.